The van der Waals surface area contributed by atoms with E-state index in [1.807, 2.05) is 0 Å². The topological polar surface area (TPSA) is 62.3 Å². The quantitative estimate of drug-likeness (QED) is 0.778. The average Bonchev–Trinajstić information content (AvgIpc) is 2.27. The Kier molecular flexibility index (Phi) is 4.14. The second-order valence-corrected chi connectivity index (χ2v) is 3.80. The van der Waals surface area contributed by atoms with Gasteiger partial charge in [-0.15, -0.1) is 0 Å². The molecule has 92 valence electrons. The van der Waals surface area contributed by atoms with E-state index in [1.54, 1.807) is 21.0 Å². The van der Waals surface area contributed by atoms with Gasteiger partial charge in [-0.3, -0.25) is 9.59 Å². The van der Waals surface area contributed by atoms with Gasteiger partial charge in [-0.2, -0.15) is 4.39 Å². The summed E-state index contributed by atoms with van der Waals surface area (Å²) in [6.45, 7) is 1.57. The number of carbonyl (C=O) groups is 2. The molecule has 0 fully saturated rings. The van der Waals surface area contributed by atoms with Crippen LogP contribution in [0.4, 0.5) is 4.39 Å². The molecule has 0 spiro atoms. The van der Waals surface area contributed by atoms with Gasteiger partial charge in [0.25, 0.3) is 5.91 Å². The first-order valence-corrected chi connectivity index (χ1v) is 5.05. The van der Waals surface area contributed by atoms with Crippen LogP contribution in [0.2, 0.25) is 0 Å². The van der Waals surface area contributed by atoms with Crippen LogP contribution >= 0.6 is 0 Å². The van der Waals surface area contributed by atoms with E-state index >= 15 is 0 Å². The average molecular weight is 239 g/mol. The Morgan fingerprint density at radius 2 is 2.12 bits per heavy atom. The number of hydrogen-bond acceptors (Lipinski definition) is 3. The van der Waals surface area contributed by atoms with Crippen molar-refractivity contribution in [1.82, 2.24) is 15.2 Å². The minimum Gasteiger partial charge on any atom is -0.347 e. The minimum absolute atomic E-state index is 0.135. The summed E-state index contributed by atoms with van der Waals surface area (Å²) in [6, 6.07) is 1.74. The molecule has 0 saturated carbocycles. The van der Waals surface area contributed by atoms with Gasteiger partial charge in [0, 0.05) is 31.9 Å². The fraction of sp³-hybridized carbons (Fsp3) is 0.364. The van der Waals surface area contributed by atoms with Gasteiger partial charge in [-0.25, -0.2) is 4.98 Å². The van der Waals surface area contributed by atoms with Gasteiger partial charge < -0.3 is 10.2 Å². The van der Waals surface area contributed by atoms with Gasteiger partial charge in [0.2, 0.25) is 11.9 Å². The monoisotopic (exact) mass is 239 g/mol. The second-order valence-electron chi connectivity index (χ2n) is 3.80. The number of aromatic nitrogens is 1. The number of nitrogens with one attached hydrogen (secondary N) is 1. The van der Waals surface area contributed by atoms with E-state index in [0.29, 0.717) is 0 Å². The van der Waals surface area contributed by atoms with E-state index in [-0.39, 0.29) is 11.5 Å². The second kappa shape index (κ2) is 5.38. The summed E-state index contributed by atoms with van der Waals surface area (Å²) in [7, 11) is 3.19. The summed E-state index contributed by atoms with van der Waals surface area (Å²) in [5, 5.41) is 2.48. The molecule has 1 heterocycles. The van der Waals surface area contributed by atoms with Gasteiger partial charge in [0.1, 0.15) is 6.04 Å². The molecule has 5 nitrogen and oxygen atoms in total. The lowest BCUT2D eigenvalue weighted by atomic mass is 10.2. The maximum Gasteiger partial charge on any atom is 0.252 e. The molecule has 1 rings (SSSR count). The molecule has 17 heavy (non-hydrogen) atoms. The van der Waals surface area contributed by atoms with Gasteiger partial charge in [0.15, 0.2) is 0 Å². The number of nitrogens with zero attached hydrogens (tertiary/aromatic N) is 2. The molecule has 6 heteroatoms. The lowest BCUT2D eigenvalue weighted by Crippen LogP contribution is -2.44. The first-order valence-electron chi connectivity index (χ1n) is 5.05. The van der Waals surface area contributed by atoms with Crippen molar-refractivity contribution >= 4 is 11.8 Å². The van der Waals surface area contributed by atoms with Gasteiger partial charge in [-0.05, 0) is 13.0 Å². The third-order valence-electron chi connectivity index (χ3n) is 2.15. The first kappa shape index (κ1) is 13.1. The van der Waals surface area contributed by atoms with Gasteiger partial charge >= 0.3 is 0 Å². The van der Waals surface area contributed by atoms with Crippen LogP contribution in [0.1, 0.15) is 17.3 Å². The minimum atomic E-state index is -0.732. The summed E-state index contributed by atoms with van der Waals surface area (Å²) in [6.07, 6.45) is 1.20. The molecule has 1 unspecified atom stereocenters. The number of carbonyl (C=O) groups excluding carboxylic acids is 2. The number of likely N-dealkylation sites (N-methyl/N-ethyl adjacent to an activating group) is 1. The number of pyridine rings is 1. The van der Waals surface area contributed by atoms with Crippen LogP contribution in [-0.2, 0) is 4.79 Å². The van der Waals surface area contributed by atoms with Crippen molar-refractivity contribution in [3.8, 4) is 0 Å². The fourth-order valence-electron chi connectivity index (χ4n) is 1.27. The number of hydrogen-bond donors (Lipinski definition) is 1. The SMILES string of the molecule is CC(NC(=O)c1ccnc(F)c1)C(=O)N(C)C. The highest BCUT2D eigenvalue weighted by Crippen LogP contribution is 2.01. The molecule has 1 atom stereocenters. The van der Waals surface area contributed by atoms with E-state index in [0.717, 1.165) is 6.07 Å². The third kappa shape index (κ3) is 3.51. The molecule has 2 amide bonds. The predicted molar refractivity (Wildman–Crippen MR) is 59.8 cm³/mol. The highest BCUT2D eigenvalue weighted by atomic mass is 19.1. The van der Waals surface area contributed by atoms with Crippen LogP contribution < -0.4 is 5.32 Å². The summed E-state index contributed by atoms with van der Waals surface area (Å²) >= 11 is 0. The van der Waals surface area contributed by atoms with Crippen LogP contribution in [0.15, 0.2) is 18.3 Å². The summed E-state index contributed by atoms with van der Waals surface area (Å²) < 4.78 is 12.8. The fourth-order valence-corrected chi connectivity index (χ4v) is 1.27. The lowest BCUT2D eigenvalue weighted by Gasteiger charge is -2.17. The van der Waals surface area contributed by atoms with Crippen molar-refractivity contribution in [2.24, 2.45) is 0 Å². The molecule has 0 aliphatic carbocycles. The van der Waals surface area contributed by atoms with E-state index in [9.17, 15) is 14.0 Å². The Labute approximate surface area is 98.6 Å². The standard InChI is InChI=1S/C11H14FN3O2/c1-7(11(17)15(2)3)14-10(16)8-4-5-13-9(12)6-8/h4-7H,1-3H3,(H,14,16). The number of amides is 2. The Hall–Kier alpha value is -1.98. The lowest BCUT2D eigenvalue weighted by molar-refractivity contribution is -0.130. The zero-order chi connectivity index (χ0) is 13.0. The highest BCUT2D eigenvalue weighted by molar-refractivity contribution is 5.97. The zero-order valence-electron chi connectivity index (χ0n) is 9.90. The van der Waals surface area contributed by atoms with E-state index in [1.165, 1.54) is 17.2 Å². The van der Waals surface area contributed by atoms with Crippen LogP contribution in [0.5, 0.6) is 0 Å². The Balaban J connectivity index is 2.70. The summed E-state index contributed by atoms with van der Waals surface area (Å²) in [4.78, 5) is 27.9. The molecular formula is C11H14FN3O2. The highest BCUT2D eigenvalue weighted by Gasteiger charge is 2.18. The normalized spacial score (nSPS) is 11.8. The van der Waals surface area contributed by atoms with E-state index in [4.69, 9.17) is 0 Å². The van der Waals surface area contributed by atoms with Crippen molar-refractivity contribution in [1.29, 1.82) is 0 Å². The van der Waals surface area contributed by atoms with Crippen LogP contribution in [-0.4, -0.2) is 41.8 Å². The molecule has 1 aromatic rings. The molecule has 0 aromatic carbocycles. The van der Waals surface area contributed by atoms with Crippen molar-refractivity contribution < 1.29 is 14.0 Å². The van der Waals surface area contributed by atoms with E-state index in [2.05, 4.69) is 10.3 Å². The molecule has 1 N–H and O–H groups in total. The maximum atomic E-state index is 12.8. The molecular weight excluding hydrogens is 225 g/mol. The van der Waals surface area contributed by atoms with Crippen LogP contribution in [0.3, 0.4) is 0 Å². The Bertz CT molecular complexity index is 434. The number of halogens is 1. The smallest absolute Gasteiger partial charge is 0.252 e. The molecule has 0 bridgehead atoms. The molecule has 0 aliphatic heterocycles. The van der Waals surface area contributed by atoms with Crippen LogP contribution in [0, 0.1) is 5.95 Å². The molecule has 0 radical (unpaired) electrons. The zero-order valence-corrected chi connectivity index (χ0v) is 9.90. The van der Waals surface area contributed by atoms with Crippen molar-refractivity contribution in [2.45, 2.75) is 13.0 Å². The maximum absolute atomic E-state index is 12.8. The van der Waals surface area contributed by atoms with Crippen LogP contribution in [0.25, 0.3) is 0 Å². The Morgan fingerprint density at radius 1 is 1.47 bits per heavy atom. The van der Waals surface area contributed by atoms with Gasteiger partial charge in [0.05, 0.1) is 0 Å². The van der Waals surface area contributed by atoms with Gasteiger partial charge in [-0.1, -0.05) is 0 Å². The van der Waals surface area contributed by atoms with Crippen molar-refractivity contribution in [2.75, 3.05) is 14.1 Å². The van der Waals surface area contributed by atoms with E-state index < -0.39 is 17.9 Å². The van der Waals surface area contributed by atoms with Crippen molar-refractivity contribution in [3.05, 3.63) is 29.8 Å². The third-order valence-corrected chi connectivity index (χ3v) is 2.15. The molecule has 1 aromatic heterocycles. The predicted octanol–water partition coefficient (Wildman–Crippen LogP) is 0.427. The molecule has 0 aliphatic rings. The van der Waals surface area contributed by atoms with Crippen molar-refractivity contribution in [3.63, 3.8) is 0 Å². The largest absolute Gasteiger partial charge is 0.347 e. The Morgan fingerprint density at radius 3 is 2.65 bits per heavy atom. The molecule has 0 saturated heterocycles. The first-order chi connectivity index (χ1) is 7.91. The summed E-state index contributed by atoms with van der Waals surface area (Å²) in [5.41, 5.74) is 0.135. The summed E-state index contributed by atoms with van der Waals surface area (Å²) in [5.74, 6) is -1.47. The number of rotatable bonds is 3.